The van der Waals surface area contributed by atoms with Gasteiger partial charge in [-0.05, 0) is 20.8 Å². The van der Waals surface area contributed by atoms with Gasteiger partial charge in [-0.15, -0.1) is 0 Å². The van der Waals surface area contributed by atoms with E-state index in [2.05, 4.69) is 13.6 Å². The molecule has 0 aromatic heterocycles. The third-order valence-electron chi connectivity index (χ3n) is 2.12. The highest BCUT2D eigenvalue weighted by Gasteiger charge is 2.46. The van der Waals surface area contributed by atoms with Crippen LogP contribution in [0, 0.1) is 0 Å². The van der Waals surface area contributed by atoms with Crippen LogP contribution in [0.1, 0.15) is 20.8 Å². The number of halogens is 9. The van der Waals surface area contributed by atoms with Gasteiger partial charge in [0.15, 0.2) is 18.3 Å². The third-order valence-corrected chi connectivity index (χ3v) is 3.58. The molecule has 0 saturated carbocycles. The van der Waals surface area contributed by atoms with Crippen LogP contribution in [0.3, 0.4) is 0 Å². The summed E-state index contributed by atoms with van der Waals surface area (Å²) >= 11 is 0. The number of alkyl halides is 9. The van der Waals surface area contributed by atoms with Gasteiger partial charge in [-0.2, -0.15) is 39.5 Å². The molecule has 0 aliphatic rings. The fraction of sp³-hybridized carbons (Fsp3) is 1.00. The van der Waals surface area contributed by atoms with E-state index < -0.39 is 45.4 Å². The van der Waals surface area contributed by atoms with Gasteiger partial charge in [-0.25, -0.2) is 0 Å². The van der Waals surface area contributed by atoms with E-state index in [1.165, 1.54) is 0 Å². The van der Waals surface area contributed by atoms with Gasteiger partial charge in [-0.1, -0.05) is 0 Å². The first-order valence-electron chi connectivity index (χ1n) is 5.55. The smallest absolute Gasteiger partial charge is 0.300 e. The van der Waals surface area contributed by atoms with E-state index in [9.17, 15) is 39.5 Å². The highest BCUT2D eigenvalue weighted by molar-refractivity contribution is 7.41. The van der Waals surface area contributed by atoms with Crippen LogP contribution in [0.25, 0.3) is 0 Å². The van der Waals surface area contributed by atoms with Crippen molar-refractivity contribution in [1.82, 2.24) is 0 Å². The Morgan fingerprint density at radius 3 is 0.864 bits per heavy atom. The van der Waals surface area contributed by atoms with Crippen LogP contribution in [0.5, 0.6) is 0 Å². The summed E-state index contributed by atoms with van der Waals surface area (Å²) in [7, 11) is -3.53. The molecular formula is C9H12F9O3P. The summed E-state index contributed by atoms with van der Waals surface area (Å²) in [5.74, 6) is 0. The molecule has 3 nitrogen and oxygen atoms in total. The SMILES string of the molecule is CC(OP(OC(C)C(F)(F)F)OC(C)C(F)(F)F)C(F)(F)F. The van der Waals surface area contributed by atoms with E-state index in [1.807, 2.05) is 0 Å². The van der Waals surface area contributed by atoms with Crippen molar-refractivity contribution in [1.29, 1.82) is 0 Å². The molecule has 0 bridgehead atoms. The average Bonchev–Trinajstić information content (AvgIpc) is 2.24. The molecule has 0 saturated heterocycles. The summed E-state index contributed by atoms with van der Waals surface area (Å²) in [6.45, 7) is 1.20. The Hall–Kier alpha value is -0.320. The zero-order chi connectivity index (χ0) is 17.9. The van der Waals surface area contributed by atoms with Gasteiger partial charge in [0, 0.05) is 0 Å². The Bertz CT molecular complexity index is 288. The molecule has 3 atom stereocenters. The molecule has 0 radical (unpaired) electrons. The first-order valence-corrected chi connectivity index (χ1v) is 6.65. The third kappa shape index (κ3) is 7.80. The largest absolute Gasteiger partial charge is 0.414 e. The van der Waals surface area contributed by atoms with Gasteiger partial charge in [0.2, 0.25) is 0 Å². The molecule has 3 unspecified atom stereocenters. The second kappa shape index (κ2) is 7.50. The minimum Gasteiger partial charge on any atom is -0.300 e. The monoisotopic (exact) mass is 370 g/mol. The Labute approximate surface area is 120 Å². The maximum atomic E-state index is 12.3. The van der Waals surface area contributed by atoms with Gasteiger partial charge >= 0.3 is 27.1 Å². The van der Waals surface area contributed by atoms with Crippen molar-refractivity contribution in [2.45, 2.75) is 57.6 Å². The quantitative estimate of drug-likeness (QED) is 0.480. The molecule has 0 aromatic rings. The molecule has 0 heterocycles. The molecular weight excluding hydrogens is 358 g/mol. The minimum absolute atomic E-state index is 0.401. The predicted octanol–water partition coefficient (Wildman–Crippen LogP) is 5.12. The van der Waals surface area contributed by atoms with Gasteiger partial charge < -0.3 is 0 Å². The maximum Gasteiger partial charge on any atom is 0.414 e. The topological polar surface area (TPSA) is 27.7 Å². The van der Waals surface area contributed by atoms with Crippen molar-refractivity contribution in [2.24, 2.45) is 0 Å². The Morgan fingerprint density at radius 2 is 0.727 bits per heavy atom. The van der Waals surface area contributed by atoms with Gasteiger partial charge in [-0.3, -0.25) is 13.6 Å². The lowest BCUT2D eigenvalue weighted by Crippen LogP contribution is -2.33. The van der Waals surface area contributed by atoms with E-state index in [1.54, 1.807) is 0 Å². The van der Waals surface area contributed by atoms with Crippen molar-refractivity contribution >= 4 is 8.60 Å². The molecule has 0 amide bonds. The fourth-order valence-electron chi connectivity index (χ4n) is 0.641. The van der Waals surface area contributed by atoms with Gasteiger partial charge in [0.05, 0.1) is 0 Å². The van der Waals surface area contributed by atoms with Crippen LogP contribution < -0.4 is 0 Å². The van der Waals surface area contributed by atoms with E-state index >= 15 is 0 Å². The molecule has 0 aromatic carbocycles. The Morgan fingerprint density at radius 1 is 0.545 bits per heavy atom. The zero-order valence-corrected chi connectivity index (χ0v) is 12.2. The second-order valence-electron chi connectivity index (χ2n) is 4.09. The van der Waals surface area contributed by atoms with E-state index in [4.69, 9.17) is 0 Å². The lowest BCUT2D eigenvalue weighted by molar-refractivity contribution is -0.217. The van der Waals surface area contributed by atoms with Crippen molar-refractivity contribution in [3.8, 4) is 0 Å². The van der Waals surface area contributed by atoms with Crippen molar-refractivity contribution in [3.05, 3.63) is 0 Å². The van der Waals surface area contributed by atoms with Crippen LogP contribution in [0.4, 0.5) is 39.5 Å². The summed E-state index contributed by atoms with van der Waals surface area (Å²) in [6, 6.07) is 0. The molecule has 13 heteroatoms. The molecule has 0 aliphatic carbocycles. The average molecular weight is 370 g/mol. The van der Waals surface area contributed by atoms with E-state index in [0.29, 0.717) is 20.8 Å². The van der Waals surface area contributed by atoms with E-state index in [-0.39, 0.29) is 0 Å². The van der Waals surface area contributed by atoms with Gasteiger partial charge in [0.1, 0.15) is 0 Å². The summed E-state index contributed by atoms with van der Waals surface area (Å²) in [4.78, 5) is 0. The standard InChI is InChI=1S/C9H12F9O3P/c1-4(7(10,11)12)19-22(20-5(2)8(13,14)15)21-6(3)9(16,17)18/h4-6H,1-3H3. The molecule has 22 heavy (non-hydrogen) atoms. The van der Waals surface area contributed by atoms with Crippen molar-refractivity contribution < 1.29 is 53.1 Å². The van der Waals surface area contributed by atoms with Crippen LogP contribution in [0.15, 0.2) is 0 Å². The Balaban J connectivity index is 5.00. The zero-order valence-electron chi connectivity index (χ0n) is 11.3. The van der Waals surface area contributed by atoms with Crippen LogP contribution in [-0.4, -0.2) is 36.8 Å². The Kier molecular flexibility index (Phi) is 7.39. The van der Waals surface area contributed by atoms with Crippen LogP contribution >= 0.6 is 8.60 Å². The summed E-state index contributed by atoms with van der Waals surface area (Å²) in [5, 5.41) is 0. The lowest BCUT2D eigenvalue weighted by Gasteiger charge is -2.28. The normalized spacial score (nSPS) is 19.6. The minimum atomic E-state index is -5.00. The highest BCUT2D eigenvalue weighted by atomic mass is 31.2. The number of rotatable bonds is 6. The maximum absolute atomic E-state index is 12.3. The highest BCUT2D eigenvalue weighted by Crippen LogP contribution is 2.49. The van der Waals surface area contributed by atoms with E-state index in [0.717, 1.165) is 0 Å². The summed E-state index contributed by atoms with van der Waals surface area (Å²) in [5.41, 5.74) is 0. The van der Waals surface area contributed by atoms with Crippen LogP contribution in [0.2, 0.25) is 0 Å². The molecule has 0 rings (SSSR count). The molecule has 0 spiro atoms. The molecule has 0 aliphatic heterocycles. The van der Waals surface area contributed by atoms with Crippen molar-refractivity contribution in [3.63, 3.8) is 0 Å². The fourth-order valence-corrected chi connectivity index (χ4v) is 1.92. The van der Waals surface area contributed by atoms with Crippen molar-refractivity contribution in [2.75, 3.05) is 0 Å². The number of hydrogen-bond acceptors (Lipinski definition) is 3. The van der Waals surface area contributed by atoms with Crippen LogP contribution in [-0.2, 0) is 13.6 Å². The molecule has 0 fully saturated rings. The molecule has 0 N–H and O–H groups in total. The number of hydrogen-bond donors (Lipinski definition) is 0. The second-order valence-corrected chi connectivity index (χ2v) is 5.17. The van der Waals surface area contributed by atoms with Gasteiger partial charge in [0.25, 0.3) is 0 Å². The predicted molar refractivity (Wildman–Crippen MR) is 56.7 cm³/mol. The molecule has 134 valence electrons. The first-order chi connectivity index (χ1) is 9.55. The lowest BCUT2D eigenvalue weighted by atomic mass is 10.4. The first kappa shape index (κ1) is 21.7. The summed E-state index contributed by atoms with van der Waals surface area (Å²) < 4.78 is 123. The summed E-state index contributed by atoms with van der Waals surface area (Å²) in [6.07, 6.45) is -23.0.